The van der Waals surface area contributed by atoms with Crippen LogP contribution in [-0.2, 0) is 4.79 Å². The maximum Gasteiger partial charge on any atom is 0.226 e. The fourth-order valence-electron chi connectivity index (χ4n) is 4.28. The molecule has 0 spiro atoms. The Morgan fingerprint density at radius 1 is 1.17 bits per heavy atom. The van der Waals surface area contributed by atoms with Gasteiger partial charge in [-0.1, -0.05) is 0 Å². The van der Waals surface area contributed by atoms with Crippen LogP contribution in [-0.4, -0.2) is 39.4 Å². The monoisotopic (exact) mass is 346 g/mol. The van der Waals surface area contributed by atoms with Gasteiger partial charge in [-0.25, -0.2) is 9.97 Å². The summed E-state index contributed by atoms with van der Waals surface area (Å²) in [5.41, 5.74) is 0.902. The Labute approximate surface area is 147 Å². The van der Waals surface area contributed by atoms with E-state index in [4.69, 9.17) is 11.6 Å². The zero-order chi connectivity index (χ0) is 16.3. The molecule has 3 atom stereocenters. The van der Waals surface area contributed by atoms with Crippen molar-refractivity contribution in [1.82, 2.24) is 20.2 Å². The van der Waals surface area contributed by atoms with Gasteiger partial charge in [-0.15, -0.1) is 0 Å². The van der Waals surface area contributed by atoms with Crippen LogP contribution < -0.4 is 5.32 Å². The number of nitrogens with zero attached hydrogens (tertiary/aromatic N) is 3. The zero-order valence-corrected chi connectivity index (χ0v) is 14.5. The fourth-order valence-corrected chi connectivity index (χ4v) is 4.44. The Hall–Kier alpha value is -1.20. The molecule has 3 saturated carbocycles. The van der Waals surface area contributed by atoms with E-state index < -0.39 is 0 Å². The van der Waals surface area contributed by atoms with Crippen molar-refractivity contribution in [3.63, 3.8) is 0 Å². The molecule has 5 rings (SSSR count). The van der Waals surface area contributed by atoms with Crippen molar-refractivity contribution in [1.29, 1.82) is 0 Å². The van der Waals surface area contributed by atoms with E-state index in [1.165, 1.54) is 25.7 Å². The molecule has 0 aromatic carbocycles. The molecule has 3 unspecified atom stereocenters. The number of amides is 1. The van der Waals surface area contributed by atoms with Crippen molar-refractivity contribution in [2.24, 2.45) is 17.8 Å². The first-order valence-corrected chi connectivity index (χ1v) is 9.64. The van der Waals surface area contributed by atoms with Crippen LogP contribution >= 0.6 is 11.6 Å². The first-order valence-electron chi connectivity index (χ1n) is 9.26. The van der Waals surface area contributed by atoms with Gasteiger partial charge in [0.2, 0.25) is 11.2 Å². The molecular formula is C18H23ClN4O. The van der Waals surface area contributed by atoms with Gasteiger partial charge in [0.15, 0.2) is 0 Å². The van der Waals surface area contributed by atoms with Crippen molar-refractivity contribution in [3.8, 4) is 0 Å². The molecule has 6 heteroatoms. The van der Waals surface area contributed by atoms with Gasteiger partial charge in [0.05, 0.1) is 11.7 Å². The smallest absolute Gasteiger partial charge is 0.226 e. The van der Waals surface area contributed by atoms with E-state index in [0.29, 0.717) is 29.8 Å². The highest BCUT2D eigenvalue weighted by Gasteiger charge is 2.52. The molecule has 1 saturated heterocycles. The number of carbonyl (C=O) groups excluding carboxylic acids is 1. The molecule has 5 nitrogen and oxygen atoms in total. The van der Waals surface area contributed by atoms with E-state index >= 15 is 0 Å². The molecule has 2 heterocycles. The van der Waals surface area contributed by atoms with Gasteiger partial charge in [-0.3, -0.25) is 4.79 Å². The second-order valence-corrected chi connectivity index (χ2v) is 8.23. The van der Waals surface area contributed by atoms with E-state index in [0.717, 1.165) is 25.1 Å². The zero-order valence-electron chi connectivity index (χ0n) is 13.7. The van der Waals surface area contributed by atoms with Crippen molar-refractivity contribution >= 4 is 17.5 Å². The summed E-state index contributed by atoms with van der Waals surface area (Å²) in [5.74, 6) is 1.89. The van der Waals surface area contributed by atoms with Gasteiger partial charge in [0, 0.05) is 30.7 Å². The van der Waals surface area contributed by atoms with Crippen molar-refractivity contribution in [2.75, 3.05) is 6.54 Å². The molecule has 0 bridgehead atoms. The van der Waals surface area contributed by atoms with Gasteiger partial charge in [0.25, 0.3) is 0 Å². The van der Waals surface area contributed by atoms with Crippen LogP contribution in [0.25, 0.3) is 0 Å². The van der Waals surface area contributed by atoms with Crippen LogP contribution in [0, 0.1) is 17.8 Å². The molecule has 1 aromatic rings. The van der Waals surface area contributed by atoms with E-state index in [9.17, 15) is 4.79 Å². The molecule has 4 aliphatic rings. The van der Waals surface area contributed by atoms with Crippen molar-refractivity contribution in [2.45, 2.75) is 56.7 Å². The predicted octanol–water partition coefficient (Wildman–Crippen LogP) is 2.57. The summed E-state index contributed by atoms with van der Waals surface area (Å²) in [6, 6.07) is 2.56. The lowest BCUT2D eigenvalue weighted by atomic mass is 9.90. The summed E-state index contributed by atoms with van der Waals surface area (Å²) < 4.78 is 0. The Bertz CT molecular complexity index is 656. The molecule has 24 heavy (non-hydrogen) atoms. The Kier molecular flexibility index (Phi) is 3.56. The summed E-state index contributed by atoms with van der Waals surface area (Å²) in [4.78, 5) is 23.9. The minimum absolute atomic E-state index is 0.00505. The molecular weight excluding hydrogens is 324 g/mol. The molecule has 4 fully saturated rings. The summed E-state index contributed by atoms with van der Waals surface area (Å²) in [6.07, 6.45) is 8.78. The largest absolute Gasteiger partial charge is 0.328 e. The maximum absolute atomic E-state index is 13.2. The van der Waals surface area contributed by atoms with Crippen molar-refractivity contribution in [3.05, 3.63) is 23.2 Å². The molecule has 0 radical (unpaired) electrons. The molecule has 1 amide bonds. The maximum atomic E-state index is 13.2. The lowest BCUT2D eigenvalue weighted by Gasteiger charge is -2.47. The molecule has 128 valence electrons. The van der Waals surface area contributed by atoms with Crippen LogP contribution in [0.4, 0.5) is 0 Å². The summed E-state index contributed by atoms with van der Waals surface area (Å²) in [5, 5.41) is 4.04. The third-order valence-electron chi connectivity index (χ3n) is 5.99. The lowest BCUT2D eigenvalue weighted by molar-refractivity contribution is -0.142. The SMILES string of the molecule is O=C(C1CC1)N1C(C2CC2)CNC(C2CC2)C1c1ccnc(Cl)n1. The second-order valence-electron chi connectivity index (χ2n) is 7.89. The van der Waals surface area contributed by atoms with Crippen LogP contribution in [0.3, 0.4) is 0 Å². The number of nitrogens with one attached hydrogen (secondary N) is 1. The van der Waals surface area contributed by atoms with Crippen LogP contribution in [0.15, 0.2) is 12.3 Å². The first kappa shape index (κ1) is 15.1. The van der Waals surface area contributed by atoms with E-state index in [-0.39, 0.29) is 17.2 Å². The van der Waals surface area contributed by atoms with Gasteiger partial charge in [-0.05, 0) is 68.0 Å². The van der Waals surface area contributed by atoms with Crippen LogP contribution in [0.2, 0.25) is 5.28 Å². The molecule has 3 aliphatic carbocycles. The average molecular weight is 347 g/mol. The van der Waals surface area contributed by atoms with Gasteiger partial charge < -0.3 is 10.2 Å². The number of hydrogen-bond donors (Lipinski definition) is 1. The quantitative estimate of drug-likeness (QED) is 0.851. The third-order valence-corrected chi connectivity index (χ3v) is 6.17. The number of hydrogen-bond acceptors (Lipinski definition) is 4. The normalized spacial score (nSPS) is 33.5. The molecule has 1 aliphatic heterocycles. The Morgan fingerprint density at radius 2 is 1.92 bits per heavy atom. The summed E-state index contributed by atoms with van der Waals surface area (Å²) >= 11 is 6.07. The summed E-state index contributed by atoms with van der Waals surface area (Å²) in [6.45, 7) is 0.930. The number of carbonyl (C=O) groups is 1. The number of aromatic nitrogens is 2. The Balaban J connectivity index is 1.55. The second kappa shape index (κ2) is 5.67. The highest BCUT2D eigenvalue weighted by molar-refractivity contribution is 6.28. The fraction of sp³-hybridized carbons (Fsp3) is 0.722. The average Bonchev–Trinajstić information content (AvgIpc) is 3.46. The highest BCUT2D eigenvalue weighted by atomic mass is 35.5. The lowest BCUT2D eigenvalue weighted by Crippen LogP contribution is -2.61. The van der Waals surface area contributed by atoms with Gasteiger partial charge in [0.1, 0.15) is 0 Å². The number of rotatable bonds is 4. The van der Waals surface area contributed by atoms with E-state index in [1.807, 2.05) is 6.07 Å². The minimum Gasteiger partial charge on any atom is -0.328 e. The van der Waals surface area contributed by atoms with E-state index in [2.05, 4.69) is 20.2 Å². The summed E-state index contributed by atoms with van der Waals surface area (Å²) in [7, 11) is 0. The van der Waals surface area contributed by atoms with E-state index in [1.54, 1.807) is 6.20 Å². The van der Waals surface area contributed by atoms with Gasteiger partial charge >= 0.3 is 0 Å². The number of halogens is 1. The Morgan fingerprint density at radius 3 is 2.54 bits per heavy atom. The standard InChI is InChI=1S/C18H23ClN4O/c19-18-20-8-7-13(22-18)16-15(11-3-4-11)21-9-14(10-1-2-10)23(16)17(24)12-5-6-12/h7-8,10-12,14-16,21H,1-6,9H2. The number of piperazine rings is 1. The molecule has 1 aromatic heterocycles. The van der Waals surface area contributed by atoms with Crippen LogP contribution in [0.5, 0.6) is 0 Å². The predicted molar refractivity (Wildman–Crippen MR) is 90.4 cm³/mol. The topological polar surface area (TPSA) is 58.1 Å². The highest BCUT2D eigenvalue weighted by Crippen LogP contribution is 2.48. The minimum atomic E-state index is 0.00505. The van der Waals surface area contributed by atoms with Crippen molar-refractivity contribution < 1.29 is 4.79 Å². The van der Waals surface area contributed by atoms with Gasteiger partial charge in [-0.2, -0.15) is 0 Å². The third kappa shape index (κ3) is 2.72. The van der Waals surface area contributed by atoms with Crippen LogP contribution in [0.1, 0.15) is 50.3 Å². The molecule has 1 N–H and O–H groups in total. The first-order chi connectivity index (χ1) is 11.7.